The quantitative estimate of drug-likeness (QED) is 0.0377. The van der Waals surface area contributed by atoms with E-state index in [1.165, 1.54) is 35.7 Å². The van der Waals surface area contributed by atoms with Gasteiger partial charge in [-0.2, -0.15) is 0 Å². The molecule has 1 aliphatic heterocycles. The molecule has 1 heterocycles. The highest BCUT2D eigenvalue weighted by atomic mass is 28.4. The predicted octanol–water partition coefficient (Wildman–Crippen LogP) is 14.2. The van der Waals surface area contributed by atoms with Gasteiger partial charge >= 0.3 is 5.97 Å². The van der Waals surface area contributed by atoms with Crippen LogP contribution in [-0.4, -0.2) is 58.6 Å². The number of unbranched alkanes of at least 4 members (excludes halogenated alkanes) is 4. The molecular weight excluding hydrogens is 869 g/mol. The largest absolute Gasteiger partial charge is 0.417 e. The SMILES string of the molecule is CC(C)C[Si](CCCCC(=O)Nc1ccccc1)(CC(C)C)OCCCCc1ccccc1.CC(C)C[Si](CCCCC(=O)ON1C(=O)CCC1=O)(CC(C)C)OCCCCc1ccccc1. The minimum absolute atomic E-state index is 0.114. The molecule has 67 heavy (non-hydrogen) atoms. The van der Waals surface area contributed by atoms with Gasteiger partial charge in [-0.25, -0.2) is 4.79 Å². The van der Waals surface area contributed by atoms with Crippen LogP contribution >= 0.6 is 0 Å². The smallest absolute Gasteiger partial charge is 0.333 e. The van der Waals surface area contributed by atoms with Gasteiger partial charge in [0.2, 0.25) is 5.91 Å². The molecule has 1 aliphatic rings. The standard InChI is InChI=1S/C29H45NO2Si.C27H43NO5Si/c1-25(2)23-33(24-26(3)4,32-21-13-11-17-27-15-7-5-8-16-27)22-14-12-20-29(31)30-28-18-9-6-10-19-28;1-22(2)20-34(21-23(3)4,32-18-10-8-14-24-12-6-5-7-13-24)19-11-9-15-27(31)33-28-25(29)16-17-26(28)30/h5-10,15-16,18-19,25-26H,11-14,17,20-24H2,1-4H3,(H,30,31);5-7,12-13,22-23H,8-11,14-21H2,1-4H3. The molecule has 0 radical (unpaired) electrons. The van der Waals surface area contributed by atoms with Crippen LogP contribution in [0.1, 0.15) is 144 Å². The number of imide groups is 1. The van der Waals surface area contributed by atoms with Crippen molar-refractivity contribution in [3.8, 4) is 0 Å². The number of rotatable bonds is 32. The summed E-state index contributed by atoms with van der Waals surface area (Å²) in [6.45, 7) is 20.1. The van der Waals surface area contributed by atoms with Crippen molar-refractivity contribution in [1.29, 1.82) is 0 Å². The van der Waals surface area contributed by atoms with Crippen molar-refractivity contribution in [1.82, 2.24) is 5.06 Å². The topological polar surface area (TPSA) is 111 Å². The number of aryl methyl sites for hydroxylation is 2. The number of hydrogen-bond acceptors (Lipinski definition) is 7. The normalized spacial score (nSPS) is 13.2. The zero-order valence-electron chi connectivity index (χ0n) is 42.8. The summed E-state index contributed by atoms with van der Waals surface area (Å²) in [6, 6.07) is 38.0. The number of nitrogens with zero attached hydrogens (tertiary/aromatic N) is 1. The Morgan fingerprint density at radius 3 is 1.31 bits per heavy atom. The molecule has 0 aromatic heterocycles. The molecule has 372 valence electrons. The van der Waals surface area contributed by atoms with Gasteiger partial charge < -0.3 is 19.0 Å². The number of amides is 3. The monoisotopic (exact) mass is 957 g/mol. The summed E-state index contributed by atoms with van der Waals surface area (Å²) in [7, 11) is -3.78. The Morgan fingerprint density at radius 1 is 0.522 bits per heavy atom. The Kier molecular flexibility index (Phi) is 27.4. The number of nitrogens with one attached hydrogen (secondary N) is 1. The summed E-state index contributed by atoms with van der Waals surface area (Å²) in [5.74, 6) is 1.20. The zero-order chi connectivity index (χ0) is 48.9. The van der Waals surface area contributed by atoms with Gasteiger partial charge in [-0.3, -0.25) is 14.4 Å². The lowest BCUT2D eigenvalue weighted by Crippen LogP contribution is -2.41. The molecule has 0 aliphatic carbocycles. The molecule has 0 spiro atoms. The number of hydrogen-bond donors (Lipinski definition) is 1. The highest BCUT2D eigenvalue weighted by Gasteiger charge is 2.38. The third kappa shape index (κ3) is 24.8. The van der Waals surface area contributed by atoms with Crippen molar-refractivity contribution in [3.05, 3.63) is 102 Å². The van der Waals surface area contributed by atoms with Gasteiger partial charge in [0.15, 0.2) is 16.6 Å². The molecule has 11 heteroatoms. The molecule has 9 nitrogen and oxygen atoms in total. The molecule has 1 saturated heterocycles. The summed E-state index contributed by atoms with van der Waals surface area (Å²) in [5, 5.41) is 3.64. The first-order valence-corrected chi connectivity index (χ1v) is 30.9. The Hall–Kier alpha value is -3.91. The van der Waals surface area contributed by atoms with E-state index >= 15 is 0 Å². The third-order valence-electron chi connectivity index (χ3n) is 12.1. The molecular formula is C56H88N2O7Si2. The van der Waals surface area contributed by atoms with Gasteiger partial charge in [-0.1, -0.05) is 147 Å². The van der Waals surface area contributed by atoms with Crippen molar-refractivity contribution in [2.75, 3.05) is 18.5 Å². The number of carbonyl (C=O) groups is 4. The van der Waals surface area contributed by atoms with E-state index in [2.05, 4.69) is 121 Å². The second kappa shape index (κ2) is 32.0. The first-order chi connectivity index (χ1) is 32.1. The molecule has 0 atom stereocenters. The number of carbonyl (C=O) groups excluding carboxylic acids is 4. The van der Waals surface area contributed by atoms with Crippen molar-refractivity contribution in [2.24, 2.45) is 23.7 Å². The van der Waals surface area contributed by atoms with Gasteiger partial charge in [0.05, 0.1) is 0 Å². The van der Waals surface area contributed by atoms with E-state index < -0.39 is 34.4 Å². The minimum Gasteiger partial charge on any atom is -0.417 e. The van der Waals surface area contributed by atoms with E-state index in [1.54, 1.807) is 0 Å². The number of benzene rings is 3. The van der Waals surface area contributed by atoms with Crippen LogP contribution in [-0.2, 0) is 45.7 Å². The van der Waals surface area contributed by atoms with E-state index in [4.69, 9.17) is 13.7 Å². The summed E-state index contributed by atoms with van der Waals surface area (Å²) in [5.41, 5.74) is 3.67. The van der Waals surface area contributed by atoms with Crippen LogP contribution in [0, 0.1) is 23.7 Å². The van der Waals surface area contributed by atoms with Crippen LogP contribution in [0.3, 0.4) is 0 Å². The van der Waals surface area contributed by atoms with E-state index in [9.17, 15) is 19.2 Å². The second-order valence-electron chi connectivity index (χ2n) is 20.7. The lowest BCUT2D eigenvalue weighted by Gasteiger charge is -2.35. The maximum Gasteiger partial charge on any atom is 0.333 e. The molecule has 3 amide bonds. The number of hydroxylamine groups is 2. The average molecular weight is 957 g/mol. The van der Waals surface area contributed by atoms with E-state index in [-0.39, 0.29) is 25.2 Å². The van der Waals surface area contributed by atoms with Crippen LogP contribution < -0.4 is 5.32 Å². The van der Waals surface area contributed by atoms with Gasteiger partial charge in [0.1, 0.15) is 0 Å². The zero-order valence-corrected chi connectivity index (χ0v) is 44.8. The predicted molar refractivity (Wildman–Crippen MR) is 280 cm³/mol. The fourth-order valence-corrected chi connectivity index (χ4v) is 20.5. The highest BCUT2D eigenvalue weighted by Crippen LogP contribution is 2.34. The molecule has 3 aromatic rings. The van der Waals surface area contributed by atoms with Crippen molar-refractivity contribution in [3.63, 3.8) is 0 Å². The Bertz CT molecular complexity index is 1790. The van der Waals surface area contributed by atoms with Crippen LogP contribution in [0.25, 0.3) is 0 Å². The Labute approximate surface area is 408 Å². The third-order valence-corrected chi connectivity index (χ3v) is 22.6. The Balaban J connectivity index is 0.000000355. The van der Waals surface area contributed by atoms with Crippen LogP contribution in [0.15, 0.2) is 91.0 Å². The summed E-state index contributed by atoms with van der Waals surface area (Å²) >= 11 is 0. The summed E-state index contributed by atoms with van der Waals surface area (Å²) in [4.78, 5) is 52.7. The lowest BCUT2D eigenvalue weighted by molar-refractivity contribution is -0.197. The van der Waals surface area contributed by atoms with Crippen molar-refractivity contribution in [2.45, 2.75) is 182 Å². The molecule has 0 unspecified atom stereocenters. The van der Waals surface area contributed by atoms with Crippen LogP contribution in [0.2, 0.25) is 36.3 Å². The maximum atomic E-state index is 12.3. The van der Waals surface area contributed by atoms with Gasteiger partial charge in [0, 0.05) is 44.6 Å². The fraction of sp³-hybridized carbons (Fsp3) is 0.607. The number of para-hydroxylation sites is 1. The van der Waals surface area contributed by atoms with Crippen LogP contribution in [0.4, 0.5) is 5.69 Å². The second-order valence-corrected chi connectivity index (χ2v) is 28.7. The summed E-state index contributed by atoms with van der Waals surface area (Å²) in [6.07, 6.45) is 11.3. The molecule has 4 rings (SSSR count). The lowest BCUT2D eigenvalue weighted by atomic mass is 10.1. The van der Waals surface area contributed by atoms with E-state index in [0.29, 0.717) is 41.6 Å². The highest BCUT2D eigenvalue weighted by molar-refractivity contribution is 6.74. The Morgan fingerprint density at radius 2 is 0.910 bits per heavy atom. The average Bonchev–Trinajstić information content (AvgIpc) is 3.59. The first kappa shape index (κ1) is 57.4. The minimum atomic E-state index is -1.95. The van der Waals surface area contributed by atoms with E-state index in [0.717, 1.165) is 88.4 Å². The van der Waals surface area contributed by atoms with Crippen molar-refractivity contribution < 1.29 is 32.9 Å². The molecule has 0 saturated carbocycles. The molecule has 1 N–H and O–H groups in total. The van der Waals surface area contributed by atoms with Crippen LogP contribution in [0.5, 0.6) is 0 Å². The van der Waals surface area contributed by atoms with Gasteiger partial charge in [-0.15, -0.1) is 5.06 Å². The number of anilines is 1. The maximum absolute atomic E-state index is 12.3. The van der Waals surface area contributed by atoms with E-state index in [1.807, 2.05) is 30.3 Å². The first-order valence-electron chi connectivity index (χ1n) is 25.9. The fourth-order valence-electron chi connectivity index (χ4n) is 9.66. The van der Waals surface area contributed by atoms with Crippen molar-refractivity contribution >= 4 is 46.0 Å². The summed E-state index contributed by atoms with van der Waals surface area (Å²) < 4.78 is 13.6. The molecule has 0 bridgehead atoms. The molecule has 1 fully saturated rings. The van der Waals surface area contributed by atoms with Gasteiger partial charge in [-0.05, 0) is 135 Å². The molecule has 3 aromatic carbocycles. The van der Waals surface area contributed by atoms with Gasteiger partial charge in [0.25, 0.3) is 11.8 Å².